The van der Waals surface area contributed by atoms with E-state index in [1.807, 2.05) is 43.6 Å². The second-order valence-electron chi connectivity index (χ2n) is 3.62. The highest BCUT2D eigenvalue weighted by Crippen LogP contribution is 2.17. The van der Waals surface area contributed by atoms with Gasteiger partial charge in [-0.1, -0.05) is 0 Å². The van der Waals surface area contributed by atoms with Crippen LogP contribution in [0.1, 0.15) is 0 Å². The van der Waals surface area contributed by atoms with Crippen LogP contribution >= 0.6 is 0 Å². The van der Waals surface area contributed by atoms with Crippen LogP contribution in [0.3, 0.4) is 0 Å². The third-order valence-corrected chi connectivity index (χ3v) is 2.44. The summed E-state index contributed by atoms with van der Waals surface area (Å²) in [6, 6.07) is 9.82. The first-order chi connectivity index (χ1) is 7.83. The van der Waals surface area contributed by atoms with E-state index in [1.165, 1.54) is 0 Å². The van der Waals surface area contributed by atoms with Gasteiger partial charge < -0.3 is 0 Å². The molecule has 0 aliphatic heterocycles. The van der Waals surface area contributed by atoms with Crippen molar-refractivity contribution in [2.75, 3.05) is 0 Å². The normalized spacial score (nSPS) is 10.8. The molecule has 3 aromatic heterocycles. The average Bonchev–Trinajstić information content (AvgIpc) is 2.75. The standard InChI is InChI=1S/C12H10N4/c1-16-8-6-11(15-16)10-5-4-9-3-2-7-13-12(9)14-10/h2-8H,1H3. The van der Waals surface area contributed by atoms with Crippen molar-refractivity contribution < 1.29 is 0 Å². The van der Waals surface area contributed by atoms with Gasteiger partial charge in [0.2, 0.25) is 0 Å². The number of hydrogen-bond donors (Lipinski definition) is 0. The molecule has 78 valence electrons. The van der Waals surface area contributed by atoms with E-state index in [4.69, 9.17) is 0 Å². The molecule has 0 spiro atoms. The molecule has 0 radical (unpaired) electrons. The zero-order chi connectivity index (χ0) is 11.0. The van der Waals surface area contributed by atoms with Gasteiger partial charge in [0.05, 0.1) is 5.69 Å². The molecule has 0 aliphatic carbocycles. The topological polar surface area (TPSA) is 43.6 Å². The molecular weight excluding hydrogens is 200 g/mol. The number of aromatic nitrogens is 4. The van der Waals surface area contributed by atoms with Crippen LogP contribution in [0, 0.1) is 0 Å². The smallest absolute Gasteiger partial charge is 0.159 e. The van der Waals surface area contributed by atoms with Crippen molar-refractivity contribution in [3.63, 3.8) is 0 Å². The van der Waals surface area contributed by atoms with E-state index >= 15 is 0 Å². The maximum atomic E-state index is 4.47. The Bertz CT molecular complexity index is 642. The molecule has 3 rings (SSSR count). The molecule has 0 unspecified atom stereocenters. The lowest BCUT2D eigenvalue weighted by atomic mass is 10.2. The van der Waals surface area contributed by atoms with Crippen LogP contribution in [0.25, 0.3) is 22.4 Å². The summed E-state index contributed by atoms with van der Waals surface area (Å²) in [5.41, 5.74) is 2.48. The fraction of sp³-hybridized carbons (Fsp3) is 0.0833. The summed E-state index contributed by atoms with van der Waals surface area (Å²) in [5, 5.41) is 5.36. The third kappa shape index (κ3) is 1.44. The Labute approximate surface area is 92.6 Å². The summed E-state index contributed by atoms with van der Waals surface area (Å²) in [5.74, 6) is 0. The predicted molar refractivity (Wildman–Crippen MR) is 61.7 cm³/mol. The van der Waals surface area contributed by atoms with Gasteiger partial charge in [-0.25, -0.2) is 9.97 Å². The molecule has 0 bridgehead atoms. The summed E-state index contributed by atoms with van der Waals surface area (Å²) >= 11 is 0. The van der Waals surface area contributed by atoms with Gasteiger partial charge in [-0.05, 0) is 30.3 Å². The van der Waals surface area contributed by atoms with Crippen molar-refractivity contribution in [2.45, 2.75) is 0 Å². The van der Waals surface area contributed by atoms with Gasteiger partial charge in [0, 0.05) is 24.8 Å². The minimum atomic E-state index is 0.755. The third-order valence-electron chi connectivity index (χ3n) is 2.44. The SMILES string of the molecule is Cn1ccc(-c2ccc3cccnc3n2)n1. The number of fused-ring (bicyclic) bond motifs is 1. The van der Waals surface area contributed by atoms with Crippen molar-refractivity contribution in [2.24, 2.45) is 7.05 Å². The van der Waals surface area contributed by atoms with Crippen LogP contribution in [0.4, 0.5) is 0 Å². The lowest BCUT2D eigenvalue weighted by Crippen LogP contribution is -1.91. The summed E-state index contributed by atoms with van der Waals surface area (Å²) in [7, 11) is 1.89. The largest absolute Gasteiger partial charge is 0.275 e. The molecular formula is C12H10N4. The van der Waals surface area contributed by atoms with Crippen LogP contribution in [-0.2, 0) is 7.05 Å². The van der Waals surface area contributed by atoms with Crippen LogP contribution in [0.5, 0.6) is 0 Å². The van der Waals surface area contributed by atoms with E-state index in [0.29, 0.717) is 0 Å². The van der Waals surface area contributed by atoms with Crippen LogP contribution in [0.15, 0.2) is 42.7 Å². The Kier molecular flexibility index (Phi) is 1.93. The molecule has 4 heteroatoms. The lowest BCUT2D eigenvalue weighted by Gasteiger charge is -1.98. The molecule has 0 atom stereocenters. The summed E-state index contributed by atoms with van der Waals surface area (Å²) in [6.45, 7) is 0. The monoisotopic (exact) mass is 210 g/mol. The first-order valence-corrected chi connectivity index (χ1v) is 5.05. The van der Waals surface area contributed by atoms with Crippen LogP contribution in [0.2, 0.25) is 0 Å². The van der Waals surface area contributed by atoms with Gasteiger partial charge in [0.15, 0.2) is 5.65 Å². The molecule has 0 fully saturated rings. The van der Waals surface area contributed by atoms with Gasteiger partial charge in [-0.15, -0.1) is 0 Å². The lowest BCUT2D eigenvalue weighted by molar-refractivity contribution is 0.770. The number of rotatable bonds is 1. The van der Waals surface area contributed by atoms with Crippen molar-refractivity contribution in [3.05, 3.63) is 42.7 Å². The van der Waals surface area contributed by atoms with Crippen molar-refractivity contribution >= 4 is 11.0 Å². The first kappa shape index (κ1) is 9.03. The van der Waals surface area contributed by atoms with E-state index < -0.39 is 0 Å². The quantitative estimate of drug-likeness (QED) is 0.617. The second kappa shape index (κ2) is 3.41. The molecule has 0 N–H and O–H groups in total. The van der Waals surface area contributed by atoms with Gasteiger partial charge in [-0.3, -0.25) is 4.68 Å². The van der Waals surface area contributed by atoms with Crippen molar-refractivity contribution in [1.82, 2.24) is 19.7 Å². The zero-order valence-electron chi connectivity index (χ0n) is 8.83. The summed E-state index contributed by atoms with van der Waals surface area (Å²) in [4.78, 5) is 8.70. The Balaban J connectivity index is 2.18. The van der Waals surface area contributed by atoms with Crippen LogP contribution < -0.4 is 0 Å². The molecule has 0 aliphatic rings. The Morgan fingerprint density at radius 1 is 1.06 bits per heavy atom. The molecule has 4 nitrogen and oxygen atoms in total. The summed E-state index contributed by atoms with van der Waals surface area (Å²) in [6.07, 6.45) is 3.65. The van der Waals surface area contributed by atoms with Gasteiger partial charge in [0.1, 0.15) is 5.69 Å². The second-order valence-corrected chi connectivity index (χ2v) is 3.62. The average molecular weight is 210 g/mol. The zero-order valence-corrected chi connectivity index (χ0v) is 8.83. The Morgan fingerprint density at radius 3 is 2.81 bits per heavy atom. The maximum absolute atomic E-state index is 4.47. The molecule has 3 heterocycles. The van der Waals surface area contributed by atoms with E-state index in [0.717, 1.165) is 22.4 Å². The highest BCUT2D eigenvalue weighted by molar-refractivity contribution is 5.77. The number of nitrogens with zero attached hydrogens (tertiary/aromatic N) is 4. The van der Waals surface area contributed by atoms with Gasteiger partial charge in [-0.2, -0.15) is 5.10 Å². The highest BCUT2D eigenvalue weighted by Gasteiger charge is 2.04. The molecule has 16 heavy (non-hydrogen) atoms. The minimum Gasteiger partial charge on any atom is -0.275 e. The van der Waals surface area contributed by atoms with E-state index in [1.54, 1.807) is 10.9 Å². The Morgan fingerprint density at radius 2 is 2.00 bits per heavy atom. The molecule has 3 aromatic rings. The predicted octanol–water partition coefficient (Wildman–Crippen LogP) is 2.03. The van der Waals surface area contributed by atoms with E-state index in [9.17, 15) is 0 Å². The van der Waals surface area contributed by atoms with Gasteiger partial charge >= 0.3 is 0 Å². The Hall–Kier alpha value is -2.23. The van der Waals surface area contributed by atoms with Crippen molar-refractivity contribution in [3.8, 4) is 11.4 Å². The van der Waals surface area contributed by atoms with Gasteiger partial charge in [0.25, 0.3) is 0 Å². The molecule has 0 amide bonds. The maximum Gasteiger partial charge on any atom is 0.159 e. The number of hydrogen-bond acceptors (Lipinski definition) is 3. The first-order valence-electron chi connectivity index (χ1n) is 5.05. The highest BCUT2D eigenvalue weighted by atomic mass is 15.2. The van der Waals surface area contributed by atoms with E-state index in [2.05, 4.69) is 15.1 Å². The molecule has 0 aromatic carbocycles. The fourth-order valence-electron chi connectivity index (χ4n) is 1.65. The van der Waals surface area contributed by atoms with E-state index in [-0.39, 0.29) is 0 Å². The number of pyridine rings is 2. The molecule has 0 saturated carbocycles. The van der Waals surface area contributed by atoms with Crippen LogP contribution in [-0.4, -0.2) is 19.7 Å². The summed E-state index contributed by atoms with van der Waals surface area (Å²) < 4.78 is 1.76. The fourth-order valence-corrected chi connectivity index (χ4v) is 1.65. The van der Waals surface area contributed by atoms with Crippen molar-refractivity contribution in [1.29, 1.82) is 0 Å². The molecule has 0 saturated heterocycles. The number of aryl methyl sites for hydroxylation is 1. The minimum absolute atomic E-state index is 0.755.